The number of alkyl halides is 3. The van der Waals surface area contributed by atoms with Crippen LogP contribution in [0.5, 0.6) is 5.88 Å². The first-order valence-electron chi connectivity index (χ1n) is 13.3. The molecule has 3 aromatic heterocycles. The molecule has 1 N–H and O–H groups in total. The molecule has 0 bridgehead atoms. The lowest BCUT2D eigenvalue weighted by molar-refractivity contribution is -0.145. The summed E-state index contributed by atoms with van der Waals surface area (Å²) < 4.78 is 89.7. The van der Waals surface area contributed by atoms with Gasteiger partial charge in [0, 0.05) is 24.7 Å². The molecule has 0 saturated heterocycles. The minimum absolute atomic E-state index is 0.0136. The maximum absolute atomic E-state index is 14.1. The summed E-state index contributed by atoms with van der Waals surface area (Å²) in [5.41, 5.74) is 1.74. The highest BCUT2D eigenvalue weighted by Gasteiger charge is 2.52. The molecule has 2 aliphatic rings. The lowest BCUT2D eigenvalue weighted by Crippen LogP contribution is -2.38. The second-order valence-corrected chi connectivity index (χ2v) is 12.9. The minimum atomic E-state index is -4.74. The van der Waals surface area contributed by atoms with E-state index in [-0.39, 0.29) is 29.5 Å². The van der Waals surface area contributed by atoms with Gasteiger partial charge in [-0.25, -0.2) is 17.8 Å². The Labute approximate surface area is 243 Å². The average Bonchev–Trinajstić information content (AvgIpc) is 3.54. The molecular formula is C28H25F4N5O5S. The maximum Gasteiger partial charge on any atom is 0.452 e. The number of hydrogen-bond acceptors (Lipinski definition) is 7. The van der Waals surface area contributed by atoms with Gasteiger partial charge in [-0.3, -0.25) is 9.20 Å². The highest BCUT2D eigenvalue weighted by atomic mass is 32.2. The maximum atomic E-state index is 14.1. The molecule has 0 unspecified atom stereocenters. The van der Waals surface area contributed by atoms with Crippen molar-refractivity contribution in [2.45, 2.75) is 62.2 Å². The van der Waals surface area contributed by atoms with Crippen LogP contribution in [-0.2, 0) is 27.5 Å². The molecule has 1 atom stereocenters. The number of aliphatic carboxylic acids is 1. The van der Waals surface area contributed by atoms with E-state index in [0.29, 0.717) is 35.1 Å². The Bertz CT molecular complexity index is 1890. The van der Waals surface area contributed by atoms with Crippen LogP contribution in [-0.4, -0.2) is 55.5 Å². The van der Waals surface area contributed by atoms with Crippen molar-refractivity contribution in [2.75, 3.05) is 6.54 Å². The number of nitrogens with zero attached hydrogens (tertiary/aromatic N) is 5. The van der Waals surface area contributed by atoms with Gasteiger partial charge in [-0.05, 0) is 60.6 Å². The van der Waals surface area contributed by atoms with E-state index in [4.69, 9.17) is 4.74 Å². The summed E-state index contributed by atoms with van der Waals surface area (Å²) in [4.78, 5) is 15.5. The lowest BCUT2D eigenvalue weighted by atomic mass is 9.85. The predicted octanol–water partition coefficient (Wildman–Crippen LogP) is 4.62. The van der Waals surface area contributed by atoms with Crippen LogP contribution in [0.3, 0.4) is 0 Å². The largest absolute Gasteiger partial charge is 0.481 e. The van der Waals surface area contributed by atoms with Gasteiger partial charge >= 0.3 is 12.1 Å². The fourth-order valence-electron chi connectivity index (χ4n) is 5.51. The zero-order valence-corrected chi connectivity index (χ0v) is 23.7. The number of ether oxygens (including phenoxy) is 1. The number of carboxylic acids is 1. The number of halogens is 4. The van der Waals surface area contributed by atoms with E-state index in [2.05, 4.69) is 15.2 Å². The van der Waals surface area contributed by atoms with Crippen molar-refractivity contribution in [3.63, 3.8) is 0 Å². The third-order valence-electron chi connectivity index (χ3n) is 7.99. The first-order valence-corrected chi connectivity index (χ1v) is 14.7. The molecule has 6 rings (SSSR count). The Balaban J connectivity index is 1.40. The molecule has 43 heavy (non-hydrogen) atoms. The third-order valence-corrected chi connectivity index (χ3v) is 9.77. The first kappa shape index (κ1) is 29.0. The Kier molecular flexibility index (Phi) is 6.73. The summed E-state index contributed by atoms with van der Waals surface area (Å²) >= 11 is 0. The summed E-state index contributed by atoms with van der Waals surface area (Å²) in [6.07, 6.45) is -1.88. The molecule has 0 amide bonds. The highest BCUT2D eigenvalue weighted by Crippen LogP contribution is 2.46. The first-order chi connectivity index (χ1) is 20.2. The molecule has 1 fully saturated rings. The van der Waals surface area contributed by atoms with Crippen LogP contribution in [0.25, 0.3) is 5.65 Å². The van der Waals surface area contributed by atoms with Crippen LogP contribution < -0.4 is 4.74 Å². The Morgan fingerprint density at radius 1 is 1.16 bits per heavy atom. The number of fused-ring (bicyclic) bond motifs is 2. The fourth-order valence-corrected chi connectivity index (χ4v) is 7.08. The number of aromatic nitrogens is 4. The number of pyridine rings is 2. The van der Waals surface area contributed by atoms with Crippen molar-refractivity contribution in [1.82, 2.24) is 23.9 Å². The zero-order valence-electron chi connectivity index (χ0n) is 22.9. The van der Waals surface area contributed by atoms with E-state index >= 15 is 0 Å². The van der Waals surface area contributed by atoms with Crippen molar-refractivity contribution in [1.29, 1.82) is 0 Å². The number of aryl methyl sites for hydroxylation is 2. The number of carboxylic acid groups (broad SMARTS) is 1. The second kappa shape index (κ2) is 9.98. The lowest BCUT2D eigenvalue weighted by Gasteiger charge is -2.25. The molecule has 1 aromatic carbocycles. The number of benzene rings is 1. The monoisotopic (exact) mass is 619 g/mol. The molecule has 0 radical (unpaired) electrons. The Morgan fingerprint density at radius 3 is 2.58 bits per heavy atom. The summed E-state index contributed by atoms with van der Waals surface area (Å²) in [6.45, 7) is 3.23. The van der Waals surface area contributed by atoms with Gasteiger partial charge in [0.05, 0.1) is 19.2 Å². The van der Waals surface area contributed by atoms with E-state index in [1.807, 2.05) is 0 Å². The van der Waals surface area contributed by atoms with Gasteiger partial charge in [-0.15, -0.1) is 10.2 Å². The van der Waals surface area contributed by atoms with Gasteiger partial charge in [0.2, 0.25) is 21.7 Å². The van der Waals surface area contributed by atoms with E-state index < -0.39 is 51.8 Å². The van der Waals surface area contributed by atoms with Gasteiger partial charge in [0.15, 0.2) is 5.65 Å². The highest BCUT2D eigenvalue weighted by molar-refractivity contribution is 7.89. The molecule has 1 saturated carbocycles. The number of carbonyl (C=O) groups is 1. The Morgan fingerprint density at radius 2 is 1.91 bits per heavy atom. The van der Waals surface area contributed by atoms with E-state index in [1.54, 1.807) is 32.0 Å². The van der Waals surface area contributed by atoms with Crippen LogP contribution >= 0.6 is 0 Å². The molecule has 10 nitrogen and oxygen atoms in total. The Hall–Kier alpha value is -4.11. The van der Waals surface area contributed by atoms with E-state index in [1.165, 1.54) is 10.4 Å². The van der Waals surface area contributed by atoms with Gasteiger partial charge < -0.3 is 9.84 Å². The van der Waals surface area contributed by atoms with Crippen LogP contribution in [0.4, 0.5) is 17.6 Å². The second-order valence-electron chi connectivity index (χ2n) is 11.0. The summed E-state index contributed by atoms with van der Waals surface area (Å²) in [7, 11) is -4.23. The van der Waals surface area contributed by atoms with Gasteiger partial charge in [-0.2, -0.15) is 17.5 Å². The molecule has 15 heteroatoms. The topological polar surface area (TPSA) is 127 Å². The smallest absolute Gasteiger partial charge is 0.452 e. The van der Waals surface area contributed by atoms with Gasteiger partial charge in [0.1, 0.15) is 16.3 Å². The number of rotatable bonds is 6. The van der Waals surface area contributed by atoms with Crippen LogP contribution in [0.2, 0.25) is 0 Å². The normalized spacial score (nSPS) is 18.2. The van der Waals surface area contributed by atoms with Crippen molar-refractivity contribution >= 4 is 21.6 Å². The molecule has 4 aromatic rings. The third kappa shape index (κ3) is 5.20. The quantitative estimate of drug-likeness (QED) is 0.310. The summed E-state index contributed by atoms with van der Waals surface area (Å²) in [6, 6.07) is 7.43. The van der Waals surface area contributed by atoms with Crippen molar-refractivity contribution in [3.8, 4) is 5.88 Å². The van der Waals surface area contributed by atoms with E-state index in [9.17, 15) is 35.9 Å². The van der Waals surface area contributed by atoms with Crippen LogP contribution in [0.1, 0.15) is 58.8 Å². The predicted molar refractivity (Wildman–Crippen MR) is 142 cm³/mol. The summed E-state index contributed by atoms with van der Waals surface area (Å²) in [5.74, 6) is -4.11. The SMILES string of the molecule is Cc1ccc([C@H](CC(=O)O)c2ccn3c(C(F)(F)F)nnc3c2C)cc1CN1CC2(CC2)Oc2ncc(F)cc2S1(=O)=O. The molecule has 1 aliphatic carbocycles. The van der Waals surface area contributed by atoms with Crippen LogP contribution in [0, 0.1) is 19.7 Å². The van der Waals surface area contributed by atoms with Crippen LogP contribution in [0.15, 0.2) is 47.6 Å². The van der Waals surface area contributed by atoms with Gasteiger partial charge in [0.25, 0.3) is 0 Å². The fraction of sp³-hybridized carbons (Fsp3) is 0.357. The molecule has 226 valence electrons. The molecule has 4 heterocycles. The van der Waals surface area contributed by atoms with Crippen molar-refractivity contribution < 1.29 is 40.6 Å². The van der Waals surface area contributed by atoms with E-state index in [0.717, 1.165) is 28.4 Å². The standard InChI is InChI=1S/C28H25F4N5O5S/c1-15-3-4-17(21(11-23(38)39)20-5-8-37-24(16(20)2)34-35-26(37)28(30,31)32)9-18(15)13-36-14-27(6-7-27)42-25-22(43(36,40)41)10-19(29)12-33-25/h3-5,8-10,12,21H,6-7,11,13-14H2,1-2H3,(H,38,39)/t21-/m0/s1. The molecule has 1 spiro atoms. The number of hydrogen-bond donors (Lipinski definition) is 1. The minimum Gasteiger partial charge on any atom is -0.481 e. The van der Waals surface area contributed by atoms with Crippen molar-refractivity contribution in [2.24, 2.45) is 0 Å². The molecule has 1 aliphatic heterocycles. The average molecular weight is 620 g/mol. The summed E-state index contributed by atoms with van der Waals surface area (Å²) in [5, 5.41) is 16.8. The number of sulfonamides is 1. The van der Waals surface area contributed by atoms with Gasteiger partial charge in [-0.1, -0.05) is 18.2 Å². The zero-order chi connectivity index (χ0) is 30.9. The molecular weight excluding hydrogens is 594 g/mol. The van der Waals surface area contributed by atoms with Crippen molar-refractivity contribution in [3.05, 3.63) is 82.2 Å².